The monoisotopic (exact) mass is 365 g/mol. The number of hydrogen-bond donors (Lipinski definition) is 0. The Morgan fingerprint density at radius 1 is 0.929 bits per heavy atom. The van der Waals surface area contributed by atoms with E-state index in [1.807, 2.05) is 0 Å². The van der Waals surface area contributed by atoms with E-state index in [0.29, 0.717) is 12.0 Å². The van der Waals surface area contributed by atoms with E-state index in [9.17, 15) is 0 Å². The smallest absolute Gasteiger partial charge is 0.0450 e. The van der Waals surface area contributed by atoms with Crippen LogP contribution in [0, 0.1) is 6.92 Å². The maximum atomic E-state index is 2.59. The van der Waals surface area contributed by atoms with Gasteiger partial charge in [-0.1, -0.05) is 66.6 Å². The number of para-hydroxylation sites is 1. The third-order valence-electron chi connectivity index (χ3n) is 6.45. The molecule has 1 saturated carbocycles. The van der Waals surface area contributed by atoms with Crippen molar-refractivity contribution in [3.63, 3.8) is 0 Å². The molecule has 140 valence electrons. The Labute approximate surface area is 168 Å². The van der Waals surface area contributed by atoms with E-state index in [1.165, 1.54) is 58.5 Å². The van der Waals surface area contributed by atoms with Crippen molar-refractivity contribution in [2.24, 2.45) is 0 Å². The summed E-state index contributed by atoms with van der Waals surface area (Å²) in [7, 11) is 0. The van der Waals surface area contributed by atoms with Crippen LogP contribution in [0.2, 0.25) is 0 Å². The van der Waals surface area contributed by atoms with Crippen molar-refractivity contribution < 1.29 is 0 Å². The van der Waals surface area contributed by atoms with E-state index in [0.717, 1.165) is 0 Å². The molecule has 0 saturated heterocycles. The second-order valence-electron chi connectivity index (χ2n) is 8.32. The van der Waals surface area contributed by atoms with Crippen LogP contribution in [0.15, 0.2) is 72.8 Å². The molecule has 1 heterocycles. The summed E-state index contributed by atoms with van der Waals surface area (Å²) in [6.07, 6.45) is 6.27. The average molecular weight is 366 g/mol. The van der Waals surface area contributed by atoms with Gasteiger partial charge in [0.15, 0.2) is 0 Å². The SMILES string of the molecule is CC(=Cc1ccc2c(c1)C1CCCC1N2c1ccccc1)c1ccc(C)cc1. The lowest BCUT2D eigenvalue weighted by molar-refractivity contribution is 0.642. The number of rotatable bonds is 3. The van der Waals surface area contributed by atoms with Gasteiger partial charge in [-0.3, -0.25) is 0 Å². The van der Waals surface area contributed by atoms with Crippen LogP contribution in [0.4, 0.5) is 11.4 Å². The lowest BCUT2D eigenvalue weighted by Gasteiger charge is -2.27. The first-order chi connectivity index (χ1) is 13.7. The molecular weight excluding hydrogens is 338 g/mol. The van der Waals surface area contributed by atoms with Gasteiger partial charge in [0.2, 0.25) is 0 Å². The molecule has 0 aromatic heterocycles. The Hall–Kier alpha value is -2.80. The number of benzene rings is 3. The molecule has 0 radical (unpaired) electrons. The summed E-state index contributed by atoms with van der Waals surface area (Å²) >= 11 is 0. The van der Waals surface area contributed by atoms with E-state index >= 15 is 0 Å². The Bertz CT molecular complexity index is 1010. The fourth-order valence-electron chi connectivity index (χ4n) is 5.04. The minimum atomic E-state index is 0.620. The number of aryl methyl sites for hydroxylation is 1. The third-order valence-corrected chi connectivity index (χ3v) is 6.45. The van der Waals surface area contributed by atoms with E-state index in [-0.39, 0.29) is 0 Å². The lowest BCUT2D eigenvalue weighted by atomic mass is 9.95. The van der Waals surface area contributed by atoms with Crippen LogP contribution in [0.3, 0.4) is 0 Å². The van der Waals surface area contributed by atoms with Gasteiger partial charge in [0, 0.05) is 23.3 Å². The van der Waals surface area contributed by atoms with Crippen LogP contribution >= 0.6 is 0 Å². The van der Waals surface area contributed by atoms with Gasteiger partial charge in [0.1, 0.15) is 0 Å². The highest BCUT2D eigenvalue weighted by Crippen LogP contribution is 2.52. The predicted molar refractivity (Wildman–Crippen MR) is 120 cm³/mol. The van der Waals surface area contributed by atoms with Crippen LogP contribution in [0.25, 0.3) is 11.6 Å². The van der Waals surface area contributed by atoms with E-state index < -0.39 is 0 Å². The van der Waals surface area contributed by atoms with Gasteiger partial charge in [-0.15, -0.1) is 0 Å². The number of allylic oxidation sites excluding steroid dienone is 1. The molecule has 0 spiro atoms. The largest absolute Gasteiger partial charge is 0.338 e. The maximum Gasteiger partial charge on any atom is 0.0450 e. The number of fused-ring (bicyclic) bond motifs is 3. The Morgan fingerprint density at radius 3 is 2.50 bits per heavy atom. The van der Waals surface area contributed by atoms with Crippen molar-refractivity contribution in [3.05, 3.63) is 95.1 Å². The van der Waals surface area contributed by atoms with Crippen LogP contribution in [0.5, 0.6) is 0 Å². The molecule has 2 atom stereocenters. The highest BCUT2D eigenvalue weighted by molar-refractivity contribution is 5.82. The number of hydrogen-bond acceptors (Lipinski definition) is 1. The van der Waals surface area contributed by atoms with Crippen LogP contribution in [0.1, 0.15) is 54.4 Å². The van der Waals surface area contributed by atoms with Crippen LogP contribution in [-0.2, 0) is 0 Å². The maximum absolute atomic E-state index is 2.59. The Balaban J connectivity index is 1.53. The zero-order chi connectivity index (χ0) is 19.1. The van der Waals surface area contributed by atoms with Crippen LogP contribution in [-0.4, -0.2) is 6.04 Å². The molecule has 1 aliphatic heterocycles. The summed E-state index contributed by atoms with van der Waals surface area (Å²) in [5, 5.41) is 0. The molecule has 1 aliphatic carbocycles. The van der Waals surface area contributed by atoms with Gasteiger partial charge in [0.25, 0.3) is 0 Å². The van der Waals surface area contributed by atoms with E-state index in [1.54, 1.807) is 0 Å². The number of nitrogens with zero attached hydrogens (tertiary/aromatic N) is 1. The average Bonchev–Trinajstić information content (AvgIpc) is 3.30. The van der Waals surface area contributed by atoms with E-state index in [2.05, 4.69) is 97.6 Å². The summed E-state index contributed by atoms with van der Waals surface area (Å²) in [6, 6.07) is 27.4. The minimum Gasteiger partial charge on any atom is -0.338 e. The molecule has 2 aliphatic rings. The predicted octanol–water partition coefficient (Wildman–Crippen LogP) is 7.34. The van der Waals surface area contributed by atoms with Gasteiger partial charge in [-0.05, 0) is 73.2 Å². The minimum absolute atomic E-state index is 0.620. The fourth-order valence-corrected chi connectivity index (χ4v) is 5.04. The second-order valence-corrected chi connectivity index (χ2v) is 8.32. The molecule has 0 N–H and O–H groups in total. The summed E-state index contributed by atoms with van der Waals surface area (Å²) in [4.78, 5) is 2.59. The fraction of sp³-hybridized carbons (Fsp3) is 0.259. The molecule has 0 bridgehead atoms. The zero-order valence-electron chi connectivity index (χ0n) is 16.7. The molecular formula is C27H27N. The second kappa shape index (κ2) is 6.98. The van der Waals surface area contributed by atoms with Crippen molar-refractivity contribution in [2.45, 2.75) is 45.1 Å². The third kappa shape index (κ3) is 2.96. The summed E-state index contributed by atoms with van der Waals surface area (Å²) in [6.45, 7) is 4.35. The molecule has 1 fully saturated rings. The molecule has 0 amide bonds. The summed E-state index contributed by atoms with van der Waals surface area (Å²) < 4.78 is 0. The zero-order valence-corrected chi connectivity index (χ0v) is 16.7. The molecule has 3 aromatic rings. The van der Waals surface area contributed by atoms with Crippen molar-refractivity contribution in [3.8, 4) is 0 Å². The standard InChI is InChI=1S/C27H27N/c1-19-11-14-22(15-12-19)20(2)17-21-13-16-27-25(18-21)24-9-6-10-26(24)28(27)23-7-4-3-5-8-23/h3-5,7-8,11-18,24,26H,6,9-10H2,1-2H3. The summed E-state index contributed by atoms with van der Waals surface area (Å²) in [5.41, 5.74) is 9.52. The van der Waals surface area contributed by atoms with Crippen molar-refractivity contribution >= 4 is 23.0 Å². The van der Waals surface area contributed by atoms with Crippen molar-refractivity contribution in [1.82, 2.24) is 0 Å². The van der Waals surface area contributed by atoms with Gasteiger partial charge in [-0.2, -0.15) is 0 Å². The normalized spacial score (nSPS) is 20.9. The molecule has 2 unspecified atom stereocenters. The Kier molecular flexibility index (Phi) is 4.31. The van der Waals surface area contributed by atoms with Gasteiger partial charge in [0.05, 0.1) is 0 Å². The van der Waals surface area contributed by atoms with Crippen molar-refractivity contribution in [2.75, 3.05) is 4.90 Å². The molecule has 3 aromatic carbocycles. The van der Waals surface area contributed by atoms with Crippen LogP contribution < -0.4 is 4.90 Å². The highest BCUT2D eigenvalue weighted by Gasteiger charge is 2.41. The molecule has 1 heteroatoms. The van der Waals surface area contributed by atoms with Gasteiger partial charge >= 0.3 is 0 Å². The van der Waals surface area contributed by atoms with Crippen molar-refractivity contribution in [1.29, 1.82) is 0 Å². The molecule has 28 heavy (non-hydrogen) atoms. The highest BCUT2D eigenvalue weighted by atomic mass is 15.2. The first-order valence-corrected chi connectivity index (χ1v) is 10.4. The first kappa shape index (κ1) is 17.3. The number of anilines is 2. The quantitative estimate of drug-likeness (QED) is 0.439. The molecule has 5 rings (SSSR count). The first-order valence-electron chi connectivity index (χ1n) is 10.4. The van der Waals surface area contributed by atoms with Gasteiger partial charge in [-0.25, -0.2) is 0 Å². The van der Waals surface area contributed by atoms with E-state index in [4.69, 9.17) is 0 Å². The Morgan fingerprint density at radius 2 is 1.71 bits per heavy atom. The van der Waals surface area contributed by atoms with Gasteiger partial charge < -0.3 is 4.90 Å². The topological polar surface area (TPSA) is 3.24 Å². The lowest BCUT2D eigenvalue weighted by Crippen LogP contribution is -2.26. The molecule has 1 nitrogen and oxygen atoms in total. The summed E-state index contributed by atoms with van der Waals surface area (Å²) in [5.74, 6) is 0.670.